The second-order valence-corrected chi connectivity index (χ2v) is 5.19. The summed E-state index contributed by atoms with van der Waals surface area (Å²) in [4.78, 5) is 0. The van der Waals surface area contributed by atoms with Crippen LogP contribution in [0.3, 0.4) is 0 Å². The summed E-state index contributed by atoms with van der Waals surface area (Å²) in [5, 5.41) is 0. The highest BCUT2D eigenvalue weighted by atomic mass is 79.9. The highest BCUT2D eigenvalue weighted by Crippen LogP contribution is 2.22. The molecule has 0 amide bonds. The lowest BCUT2D eigenvalue weighted by molar-refractivity contribution is 0.246. The number of benzene rings is 2. The van der Waals surface area contributed by atoms with Gasteiger partial charge in [-0.05, 0) is 36.8 Å². The first-order valence-electron chi connectivity index (χ1n) is 6.32. The maximum absolute atomic E-state index is 5.75. The molecule has 0 N–H and O–H groups in total. The van der Waals surface area contributed by atoms with Crippen molar-refractivity contribution in [1.82, 2.24) is 0 Å². The minimum atomic E-state index is 0.657. The van der Waals surface area contributed by atoms with Crippen LogP contribution in [0.1, 0.15) is 12.0 Å². The molecule has 0 heterocycles. The molecular formula is C16H17BrO2. The van der Waals surface area contributed by atoms with Crippen LogP contribution >= 0.6 is 15.9 Å². The van der Waals surface area contributed by atoms with Gasteiger partial charge in [0.15, 0.2) is 0 Å². The second-order valence-electron chi connectivity index (χ2n) is 4.27. The van der Waals surface area contributed by atoms with Gasteiger partial charge in [-0.2, -0.15) is 0 Å². The highest BCUT2D eigenvalue weighted by molar-refractivity contribution is 9.10. The van der Waals surface area contributed by atoms with Crippen molar-refractivity contribution >= 4 is 15.9 Å². The fourth-order valence-electron chi connectivity index (χ4n) is 1.68. The smallest absolute Gasteiger partial charge is 0.123 e. The van der Waals surface area contributed by atoms with Gasteiger partial charge in [0.1, 0.15) is 11.5 Å². The van der Waals surface area contributed by atoms with Gasteiger partial charge in [0.05, 0.1) is 13.2 Å². The zero-order valence-corrected chi connectivity index (χ0v) is 12.5. The zero-order chi connectivity index (χ0) is 13.5. The van der Waals surface area contributed by atoms with Crippen molar-refractivity contribution < 1.29 is 9.47 Å². The number of aryl methyl sites for hydroxylation is 1. The SMILES string of the molecule is Cc1ccc(Br)cc1OCCCOc1ccccc1. The summed E-state index contributed by atoms with van der Waals surface area (Å²) in [7, 11) is 0. The molecule has 0 saturated heterocycles. The molecule has 3 heteroatoms. The first kappa shape index (κ1) is 13.9. The van der Waals surface area contributed by atoms with Gasteiger partial charge in [-0.3, -0.25) is 0 Å². The third-order valence-electron chi connectivity index (χ3n) is 2.71. The molecule has 0 aliphatic rings. The van der Waals surface area contributed by atoms with Crippen LogP contribution in [0.15, 0.2) is 53.0 Å². The molecular weight excluding hydrogens is 304 g/mol. The lowest BCUT2D eigenvalue weighted by Gasteiger charge is -2.10. The second kappa shape index (κ2) is 7.19. The maximum atomic E-state index is 5.75. The fourth-order valence-corrected chi connectivity index (χ4v) is 2.02. The molecule has 2 aromatic rings. The van der Waals surface area contributed by atoms with Crippen molar-refractivity contribution in [1.29, 1.82) is 0 Å². The topological polar surface area (TPSA) is 18.5 Å². The van der Waals surface area contributed by atoms with Gasteiger partial charge in [0, 0.05) is 10.9 Å². The van der Waals surface area contributed by atoms with E-state index in [1.54, 1.807) is 0 Å². The molecule has 0 spiro atoms. The predicted molar refractivity (Wildman–Crippen MR) is 80.9 cm³/mol. The van der Waals surface area contributed by atoms with Crippen molar-refractivity contribution in [3.8, 4) is 11.5 Å². The first-order valence-corrected chi connectivity index (χ1v) is 7.12. The van der Waals surface area contributed by atoms with Gasteiger partial charge in [0.2, 0.25) is 0 Å². The van der Waals surface area contributed by atoms with E-state index in [9.17, 15) is 0 Å². The van der Waals surface area contributed by atoms with Crippen LogP contribution < -0.4 is 9.47 Å². The minimum absolute atomic E-state index is 0.657. The Labute approximate surface area is 122 Å². The predicted octanol–water partition coefficient (Wildman–Crippen LogP) is 4.61. The van der Waals surface area contributed by atoms with E-state index in [0.29, 0.717) is 13.2 Å². The number of hydrogen-bond acceptors (Lipinski definition) is 2. The van der Waals surface area contributed by atoms with E-state index in [1.807, 2.05) is 55.5 Å². The standard InChI is InChI=1S/C16H17BrO2/c1-13-8-9-14(17)12-16(13)19-11-5-10-18-15-6-3-2-4-7-15/h2-4,6-9,12H,5,10-11H2,1H3. The van der Waals surface area contributed by atoms with E-state index >= 15 is 0 Å². The van der Waals surface area contributed by atoms with Crippen molar-refractivity contribution in [2.75, 3.05) is 13.2 Å². The molecule has 0 saturated carbocycles. The summed E-state index contributed by atoms with van der Waals surface area (Å²) >= 11 is 3.44. The average Bonchev–Trinajstić information content (AvgIpc) is 2.43. The summed E-state index contributed by atoms with van der Waals surface area (Å²) in [5.74, 6) is 1.83. The summed E-state index contributed by atoms with van der Waals surface area (Å²) in [6.45, 7) is 3.36. The summed E-state index contributed by atoms with van der Waals surface area (Å²) in [6.07, 6.45) is 0.862. The van der Waals surface area contributed by atoms with E-state index in [2.05, 4.69) is 15.9 Å². The summed E-state index contributed by atoms with van der Waals surface area (Å²) in [6, 6.07) is 15.9. The van der Waals surface area contributed by atoms with Crippen LogP contribution in [0.5, 0.6) is 11.5 Å². The van der Waals surface area contributed by atoms with Crippen LogP contribution in [0.2, 0.25) is 0 Å². The van der Waals surface area contributed by atoms with Gasteiger partial charge >= 0.3 is 0 Å². The molecule has 0 aliphatic heterocycles. The largest absolute Gasteiger partial charge is 0.493 e. The third-order valence-corrected chi connectivity index (χ3v) is 3.20. The van der Waals surface area contributed by atoms with Crippen molar-refractivity contribution in [2.45, 2.75) is 13.3 Å². The third kappa shape index (κ3) is 4.60. The van der Waals surface area contributed by atoms with Gasteiger partial charge in [-0.1, -0.05) is 40.2 Å². The average molecular weight is 321 g/mol. The molecule has 100 valence electrons. The fraction of sp³-hybridized carbons (Fsp3) is 0.250. The van der Waals surface area contributed by atoms with E-state index in [4.69, 9.17) is 9.47 Å². The Morgan fingerprint density at radius 1 is 0.947 bits per heavy atom. The monoisotopic (exact) mass is 320 g/mol. The molecule has 2 aromatic carbocycles. The van der Waals surface area contributed by atoms with E-state index in [1.165, 1.54) is 0 Å². The Morgan fingerprint density at radius 3 is 2.47 bits per heavy atom. The molecule has 2 rings (SSSR count). The zero-order valence-electron chi connectivity index (χ0n) is 10.9. The van der Waals surface area contributed by atoms with E-state index < -0.39 is 0 Å². The van der Waals surface area contributed by atoms with E-state index in [0.717, 1.165) is 28.0 Å². The molecule has 19 heavy (non-hydrogen) atoms. The number of halogens is 1. The molecule has 2 nitrogen and oxygen atoms in total. The quantitative estimate of drug-likeness (QED) is 0.724. The van der Waals surface area contributed by atoms with Crippen LogP contribution in [-0.2, 0) is 0 Å². The molecule has 0 atom stereocenters. The Balaban J connectivity index is 1.71. The first-order chi connectivity index (χ1) is 9.25. The minimum Gasteiger partial charge on any atom is -0.493 e. The Hall–Kier alpha value is -1.48. The Kier molecular flexibility index (Phi) is 5.28. The van der Waals surface area contributed by atoms with Crippen LogP contribution in [-0.4, -0.2) is 13.2 Å². The van der Waals surface area contributed by atoms with Gasteiger partial charge in [-0.25, -0.2) is 0 Å². The van der Waals surface area contributed by atoms with Crippen molar-refractivity contribution in [3.63, 3.8) is 0 Å². The van der Waals surface area contributed by atoms with Crippen LogP contribution in [0, 0.1) is 6.92 Å². The van der Waals surface area contributed by atoms with E-state index in [-0.39, 0.29) is 0 Å². The molecule has 0 aromatic heterocycles. The molecule has 0 fully saturated rings. The molecule has 0 radical (unpaired) electrons. The normalized spacial score (nSPS) is 10.2. The van der Waals surface area contributed by atoms with Crippen molar-refractivity contribution in [2.24, 2.45) is 0 Å². The molecule has 0 aliphatic carbocycles. The van der Waals surface area contributed by atoms with Gasteiger partial charge < -0.3 is 9.47 Å². The molecule has 0 unspecified atom stereocenters. The highest BCUT2D eigenvalue weighted by Gasteiger charge is 2.00. The summed E-state index contributed by atoms with van der Waals surface area (Å²) < 4.78 is 12.4. The Bertz CT molecular complexity index is 511. The van der Waals surface area contributed by atoms with Gasteiger partial charge in [-0.15, -0.1) is 0 Å². The number of para-hydroxylation sites is 1. The molecule has 0 bridgehead atoms. The number of rotatable bonds is 6. The maximum Gasteiger partial charge on any atom is 0.123 e. The van der Waals surface area contributed by atoms with Crippen molar-refractivity contribution in [3.05, 3.63) is 58.6 Å². The lowest BCUT2D eigenvalue weighted by Crippen LogP contribution is -2.05. The van der Waals surface area contributed by atoms with Crippen LogP contribution in [0.4, 0.5) is 0 Å². The Morgan fingerprint density at radius 2 is 1.68 bits per heavy atom. The number of hydrogen-bond donors (Lipinski definition) is 0. The van der Waals surface area contributed by atoms with Gasteiger partial charge in [0.25, 0.3) is 0 Å². The lowest BCUT2D eigenvalue weighted by atomic mass is 10.2. The summed E-state index contributed by atoms with van der Waals surface area (Å²) in [5.41, 5.74) is 1.15. The van der Waals surface area contributed by atoms with Crippen LogP contribution in [0.25, 0.3) is 0 Å². The number of ether oxygens (including phenoxy) is 2.